The molecule has 0 unspecified atom stereocenters. The number of carboxylic acid groups (broad SMARTS) is 1. The van der Waals surface area contributed by atoms with Gasteiger partial charge in [0.15, 0.2) is 0 Å². The van der Waals surface area contributed by atoms with E-state index in [1.54, 1.807) is 12.1 Å². The summed E-state index contributed by atoms with van der Waals surface area (Å²) >= 11 is 0. The standard InChI is InChI=1S/C23H28O8/c1-29-21(26)15-8-12-19(13-9-15)31-23(28)17-4-2-16(3-5-17)22(27)30-18-10-6-14(7-11-18)20(24)25/h8-9,12-14,16-18H,2-7,10-11H2,1H3,(H,24,25). The highest BCUT2D eigenvalue weighted by Crippen LogP contribution is 2.33. The second-order valence-corrected chi connectivity index (χ2v) is 8.23. The molecule has 0 bridgehead atoms. The topological polar surface area (TPSA) is 116 Å². The van der Waals surface area contributed by atoms with Crippen molar-refractivity contribution >= 4 is 23.9 Å². The van der Waals surface area contributed by atoms with Crippen LogP contribution in [0.3, 0.4) is 0 Å². The van der Waals surface area contributed by atoms with E-state index in [0.29, 0.717) is 62.7 Å². The minimum absolute atomic E-state index is 0.209. The summed E-state index contributed by atoms with van der Waals surface area (Å²) in [7, 11) is 1.30. The number of carboxylic acids is 1. The molecule has 31 heavy (non-hydrogen) atoms. The number of hydrogen-bond donors (Lipinski definition) is 1. The van der Waals surface area contributed by atoms with Crippen molar-refractivity contribution in [1.29, 1.82) is 0 Å². The van der Waals surface area contributed by atoms with Crippen LogP contribution < -0.4 is 4.74 Å². The Hall–Kier alpha value is -2.90. The van der Waals surface area contributed by atoms with E-state index in [9.17, 15) is 19.2 Å². The first kappa shape index (κ1) is 22.8. The van der Waals surface area contributed by atoms with Gasteiger partial charge in [0.25, 0.3) is 0 Å². The maximum atomic E-state index is 12.5. The molecule has 8 heteroatoms. The summed E-state index contributed by atoms with van der Waals surface area (Å²) in [6, 6.07) is 6.16. The van der Waals surface area contributed by atoms with Crippen LogP contribution in [0, 0.1) is 17.8 Å². The lowest BCUT2D eigenvalue weighted by Gasteiger charge is -2.30. The van der Waals surface area contributed by atoms with Gasteiger partial charge < -0.3 is 19.3 Å². The predicted molar refractivity (Wildman–Crippen MR) is 108 cm³/mol. The van der Waals surface area contributed by atoms with Crippen molar-refractivity contribution in [2.45, 2.75) is 57.5 Å². The van der Waals surface area contributed by atoms with Crippen LogP contribution >= 0.6 is 0 Å². The molecule has 0 amide bonds. The summed E-state index contributed by atoms with van der Waals surface area (Å²) in [4.78, 5) is 47.4. The fourth-order valence-corrected chi connectivity index (χ4v) is 4.23. The molecular weight excluding hydrogens is 404 g/mol. The monoisotopic (exact) mass is 432 g/mol. The molecule has 8 nitrogen and oxygen atoms in total. The Bertz CT molecular complexity index is 799. The van der Waals surface area contributed by atoms with Crippen LogP contribution in [0.5, 0.6) is 5.75 Å². The highest BCUT2D eigenvalue weighted by atomic mass is 16.5. The van der Waals surface area contributed by atoms with Crippen molar-refractivity contribution < 1.29 is 38.5 Å². The van der Waals surface area contributed by atoms with Crippen molar-refractivity contribution in [2.24, 2.45) is 17.8 Å². The number of hydrogen-bond acceptors (Lipinski definition) is 7. The highest BCUT2D eigenvalue weighted by Gasteiger charge is 2.34. The largest absolute Gasteiger partial charge is 0.481 e. The van der Waals surface area contributed by atoms with Crippen molar-refractivity contribution in [3.8, 4) is 5.75 Å². The molecule has 3 rings (SSSR count). The van der Waals surface area contributed by atoms with E-state index >= 15 is 0 Å². The number of methoxy groups -OCH3 is 1. The summed E-state index contributed by atoms with van der Waals surface area (Å²) < 4.78 is 15.7. The van der Waals surface area contributed by atoms with E-state index in [0.717, 1.165) is 0 Å². The van der Waals surface area contributed by atoms with Gasteiger partial charge in [-0.1, -0.05) is 0 Å². The Morgan fingerprint density at radius 1 is 0.774 bits per heavy atom. The third-order valence-corrected chi connectivity index (χ3v) is 6.19. The van der Waals surface area contributed by atoms with Crippen LogP contribution in [0.2, 0.25) is 0 Å². The van der Waals surface area contributed by atoms with E-state index in [1.807, 2.05) is 0 Å². The normalized spacial score (nSPS) is 25.8. The first-order chi connectivity index (χ1) is 14.9. The minimum atomic E-state index is -0.783. The van der Waals surface area contributed by atoms with Gasteiger partial charge in [-0.15, -0.1) is 0 Å². The number of rotatable bonds is 6. The Labute approximate surface area is 180 Å². The zero-order valence-corrected chi connectivity index (χ0v) is 17.6. The molecule has 2 fully saturated rings. The zero-order chi connectivity index (χ0) is 22.4. The number of carbonyl (C=O) groups is 4. The minimum Gasteiger partial charge on any atom is -0.481 e. The van der Waals surface area contributed by atoms with Gasteiger partial charge >= 0.3 is 23.9 Å². The SMILES string of the molecule is COC(=O)c1ccc(OC(=O)C2CCC(C(=O)OC3CCC(C(=O)O)CC3)CC2)cc1. The third kappa shape index (κ3) is 6.06. The van der Waals surface area contributed by atoms with E-state index in [1.165, 1.54) is 19.2 Å². The van der Waals surface area contributed by atoms with Crippen molar-refractivity contribution in [3.05, 3.63) is 29.8 Å². The fourth-order valence-electron chi connectivity index (χ4n) is 4.23. The Morgan fingerprint density at radius 2 is 1.29 bits per heavy atom. The van der Waals surface area contributed by atoms with Gasteiger partial charge in [-0.25, -0.2) is 4.79 Å². The molecule has 1 aromatic carbocycles. The third-order valence-electron chi connectivity index (χ3n) is 6.19. The van der Waals surface area contributed by atoms with E-state index in [2.05, 4.69) is 4.74 Å². The van der Waals surface area contributed by atoms with Crippen LogP contribution in [0.25, 0.3) is 0 Å². The molecule has 0 aromatic heterocycles. The van der Waals surface area contributed by atoms with E-state index < -0.39 is 11.9 Å². The van der Waals surface area contributed by atoms with Gasteiger partial charge in [-0.05, 0) is 75.6 Å². The Morgan fingerprint density at radius 3 is 1.81 bits per heavy atom. The quantitative estimate of drug-likeness (QED) is 0.537. The lowest BCUT2D eigenvalue weighted by molar-refractivity contribution is -0.159. The molecular formula is C23H28O8. The van der Waals surface area contributed by atoms with E-state index in [-0.39, 0.29) is 35.8 Å². The molecule has 2 aliphatic carbocycles. The summed E-state index contributed by atoms with van der Waals surface area (Å²) in [6.07, 6.45) is 4.24. The first-order valence-electron chi connectivity index (χ1n) is 10.7. The maximum absolute atomic E-state index is 12.5. The second-order valence-electron chi connectivity index (χ2n) is 8.23. The first-order valence-corrected chi connectivity index (χ1v) is 10.7. The number of benzene rings is 1. The second kappa shape index (κ2) is 10.4. The van der Waals surface area contributed by atoms with Gasteiger partial charge in [0.1, 0.15) is 11.9 Å². The van der Waals surface area contributed by atoms with Gasteiger partial charge in [0.2, 0.25) is 0 Å². The Kier molecular flexibility index (Phi) is 7.65. The molecule has 0 aliphatic heterocycles. The number of carbonyl (C=O) groups excluding carboxylic acids is 3. The van der Waals surface area contributed by atoms with Crippen molar-refractivity contribution in [3.63, 3.8) is 0 Å². The van der Waals surface area contributed by atoms with Crippen LogP contribution in [-0.2, 0) is 23.9 Å². The molecule has 1 aromatic rings. The van der Waals surface area contributed by atoms with Gasteiger partial charge in [0, 0.05) is 0 Å². The predicted octanol–water partition coefficient (Wildman–Crippen LogP) is 3.37. The number of esters is 3. The maximum Gasteiger partial charge on any atom is 0.337 e. The molecule has 0 spiro atoms. The average Bonchev–Trinajstić information content (AvgIpc) is 2.79. The number of ether oxygens (including phenoxy) is 3. The number of aliphatic carboxylic acids is 1. The van der Waals surface area contributed by atoms with E-state index in [4.69, 9.17) is 14.6 Å². The molecule has 0 atom stereocenters. The molecule has 0 heterocycles. The van der Waals surface area contributed by atoms with Gasteiger partial charge in [-0.3, -0.25) is 14.4 Å². The van der Waals surface area contributed by atoms with Crippen LogP contribution in [-0.4, -0.2) is 42.2 Å². The smallest absolute Gasteiger partial charge is 0.337 e. The molecule has 0 radical (unpaired) electrons. The van der Waals surface area contributed by atoms with Crippen molar-refractivity contribution in [1.82, 2.24) is 0 Å². The van der Waals surface area contributed by atoms with Gasteiger partial charge in [-0.2, -0.15) is 0 Å². The molecule has 0 saturated heterocycles. The van der Waals surface area contributed by atoms with Crippen LogP contribution in [0.1, 0.15) is 61.7 Å². The molecule has 1 N–H and O–H groups in total. The van der Waals surface area contributed by atoms with Crippen LogP contribution in [0.15, 0.2) is 24.3 Å². The summed E-state index contributed by atoms with van der Waals surface area (Å²) in [5.41, 5.74) is 0.373. The summed E-state index contributed by atoms with van der Waals surface area (Å²) in [5, 5.41) is 9.05. The summed E-state index contributed by atoms with van der Waals surface area (Å²) in [6.45, 7) is 0. The Balaban J connectivity index is 1.41. The lowest BCUT2D eigenvalue weighted by Crippen LogP contribution is -2.33. The highest BCUT2D eigenvalue weighted by molar-refractivity contribution is 5.89. The lowest BCUT2D eigenvalue weighted by atomic mass is 9.82. The average molecular weight is 432 g/mol. The molecule has 2 saturated carbocycles. The fraction of sp³-hybridized carbons (Fsp3) is 0.565. The molecule has 168 valence electrons. The van der Waals surface area contributed by atoms with Crippen molar-refractivity contribution in [2.75, 3.05) is 7.11 Å². The molecule has 2 aliphatic rings. The van der Waals surface area contributed by atoms with Gasteiger partial charge in [0.05, 0.1) is 30.4 Å². The zero-order valence-electron chi connectivity index (χ0n) is 17.6. The summed E-state index contributed by atoms with van der Waals surface area (Å²) in [5.74, 6) is -2.33. The van der Waals surface area contributed by atoms with Crippen LogP contribution in [0.4, 0.5) is 0 Å².